The lowest BCUT2D eigenvalue weighted by atomic mass is 9.78. The van der Waals surface area contributed by atoms with Gasteiger partial charge >= 0.3 is 6.18 Å². The average Bonchev–Trinajstić information content (AvgIpc) is 2.33. The van der Waals surface area contributed by atoms with E-state index in [4.69, 9.17) is 0 Å². The summed E-state index contributed by atoms with van der Waals surface area (Å²) >= 11 is 3.16. The van der Waals surface area contributed by atoms with Gasteiger partial charge in [-0.2, -0.15) is 13.2 Å². The molecule has 0 spiro atoms. The van der Waals surface area contributed by atoms with Gasteiger partial charge in [-0.3, -0.25) is 0 Å². The monoisotopic (exact) mass is 349 g/mol. The fraction of sp³-hybridized carbons (Fsp3) is 0.600. The molecule has 112 valence electrons. The Morgan fingerprint density at radius 2 is 1.85 bits per heavy atom. The van der Waals surface area contributed by atoms with Gasteiger partial charge in [0.25, 0.3) is 0 Å². The van der Waals surface area contributed by atoms with Crippen LogP contribution < -0.4 is 5.32 Å². The van der Waals surface area contributed by atoms with Gasteiger partial charge in [-0.25, -0.2) is 0 Å². The lowest BCUT2D eigenvalue weighted by Crippen LogP contribution is -2.35. The summed E-state index contributed by atoms with van der Waals surface area (Å²) in [4.78, 5) is 0. The number of nitrogens with one attached hydrogen (secondary N) is 1. The minimum Gasteiger partial charge on any atom is -0.382 e. The Kier molecular flexibility index (Phi) is 4.67. The van der Waals surface area contributed by atoms with E-state index in [-0.39, 0.29) is 6.04 Å². The van der Waals surface area contributed by atoms with Gasteiger partial charge in [0.1, 0.15) is 0 Å². The van der Waals surface area contributed by atoms with Crippen LogP contribution in [0, 0.1) is 11.8 Å². The van der Waals surface area contributed by atoms with E-state index in [0.717, 1.165) is 18.9 Å². The maximum atomic E-state index is 12.8. The van der Waals surface area contributed by atoms with Crippen LogP contribution in [0.15, 0.2) is 22.7 Å². The van der Waals surface area contributed by atoms with Crippen molar-refractivity contribution in [1.29, 1.82) is 0 Å². The van der Waals surface area contributed by atoms with Crippen molar-refractivity contribution in [2.45, 2.75) is 45.3 Å². The van der Waals surface area contributed by atoms with Gasteiger partial charge in [-0.05, 0) is 36.5 Å². The fourth-order valence-electron chi connectivity index (χ4n) is 2.84. The van der Waals surface area contributed by atoms with Crippen molar-refractivity contribution in [1.82, 2.24) is 0 Å². The van der Waals surface area contributed by atoms with Gasteiger partial charge in [0, 0.05) is 16.2 Å². The normalized spacial score (nSPS) is 27.4. The molecule has 1 saturated carbocycles. The molecular weight excluding hydrogens is 331 g/mol. The van der Waals surface area contributed by atoms with Crippen LogP contribution >= 0.6 is 15.9 Å². The smallest absolute Gasteiger partial charge is 0.382 e. The number of benzene rings is 1. The predicted molar refractivity (Wildman–Crippen MR) is 78.7 cm³/mol. The van der Waals surface area contributed by atoms with Crippen LogP contribution in [0.2, 0.25) is 0 Å². The fourth-order valence-corrected chi connectivity index (χ4v) is 3.33. The second-order valence-corrected chi connectivity index (χ2v) is 6.66. The number of hydrogen-bond donors (Lipinski definition) is 1. The maximum Gasteiger partial charge on any atom is 0.416 e. The molecule has 5 heteroatoms. The molecule has 1 fully saturated rings. The van der Waals surface area contributed by atoms with Crippen molar-refractivity contribution in [3.63, 3.8) is 0 Å². The largest absolute Gasteiger partial charge is 0.416 e. The summed E-state index contributed by atoms with van der Waals surface area (Å²) in [6.07, 6.45) is -0.972. The lowest BCUT2D eigenvalue weighted by Gasteiger charge is -2.35. The van der Waals surface area contributed by atoms with Crippen molar-refractivity contribution in [3.05, 3.63) is 28.2 Å². The zero-order valence-electron chi connectivity index (χ0n) is 11.6. The van der Waals surface area contributed by atoms with E-state index in [1.54, 1.807) is 6.07 Å². The van der Waals surface area contributed by atoms with E-state index >= 15 is 0 Å². The first-order valence-electron chi connectivity index (χ1n) is 6.91. The van der Waals surface area contributed by atoms with E-state index < -0.39 is 11.7 Å². The zero-order chi connectivity index (χ0) is 14.9. The number of hydrogen-bond acceptors (Lipinski definition) is 1. The molecule has 2 rings (SSSR count). The number of anilines is 1. The topological polar surface area (TPSA) is 12.0 Å². The average molecular weight is 350 g/mol. The summed E-state index contributed by atoms with van der Waals surface area (Å²) in [6.45, 7) is 4.38. The lowest BCUT2D eigenvalue weighted by molar-refractivity contribution is -0.137. The molecule has 1 aromatic carbocycles. The molecule has 0 saturated heterocycles. The third-order valence-electron chi connectivity index (χ3n) is 4.28. The molecule has 3 atom stereocenters. The Hall–Kier alpha value is -0.710. The molecule has 0 amide bonds. The Balaban J connectivity index is 2.19. The van der Waals surface area contributed by atoms with Crippen molar-refractivity contribution >= 4 is 21.6 Å². The summed E-state index contributed by atoms with van der Waals surface area (Å²) in [5.74, 6) is 1.08. The summed E-state index contributed by atoms with van der Waals surface area (Å²) in [6, 6.07) is 4.25. The summed E-state index contributed by atoms with van der Waals surface area (Å²) in [5, 5.41) is 3.28. The molecule has 0 aromatic heterocycles. The minimum atomic E-state index is -4.31. The van der Waals surface area contributed by atoms with E-state index in [1.165, 1.54) is 12.5 Å². The number of alkyl halides is 3. The molecule has 1 aromatic rings. The highest BCUT2D eigenvalue weighted by Crippen LogP contribution is 2.36. The Morgan fingerprint density at radius 3 is 2.50 bits per heavy atom. The van der Waals surface area contributed by atoms with Gasteiger partial charge in [-0.15, -0.1) is 0 Å². The molecule has 1 aliphatic rings. The Morgan fingerprint density at radius 1 is 1.15 bits per heavy atom. The van der Waals surface area contributed by atoms with Crippen LogP contribution in [0.25, 0.3) is 0 Å². The van der Waals surface area contributed by atoms with Crippen LogP contribution in [0.4, 0.5) is 18.9 Å². The minimum absolute atomic E-state index is 0.245. The molecule has 20 heavy (non-hydrogen) atoms. The van der Waals surface area contributed by atoms with Crippen LogP contribution in [0.1, 0.15) is 38.7 Å². The molecule has 0 radical (unpaired) electrons. The highest BCUT2D eigenvalue weighted by Gasteiger charge is 2.32. The first-order valence-corrected chi connectivity index (χ1v) is 7.71. The molecule has 0 bridgehead atoms. The van der Waals surface area contributed by atoms with Crippen LogP contribution in [0.5, 0.6) is 0 Å². The van der Waals surface area contributed by atoms with Crippen molar-refractivity contribution in [3.8, 4) is 0 Å². The van der Waals surface area contributed by atoms with Gasteiger partial charge in [0.15, 0.2) is 0 Å². The molecule has 0 aliphatic heterocycles. The Labute approximate surface area is 126 Å². The summed E-state index contributed by atoms with van der Waals surface area (Å²) < 4.78 is 38.9. The quantitative estimate of drug-likeness (QED) is 0.721. The van der Waals surface area contributed by atoms with E-state index in [1.807, 2.05) is 0 Å². The summed E-state index contributed by atoms with van der Waals surface area (Å²) in [7, 11) is 0. The maximum absolute atomic E-state index is 12.8. The molecule has 1 N–H and O–H groups in total. The second-order valence-electron chi connectivity index (χ2n) is 5.74. The van der Waals surface area contributed by atoms with Gasteiger partial charge in [-0.1, -0.05) is 42.6 Å². The van der Waals surface area contributed by atoms with Gasteiger partial charge < -0.3 is 5.32 Å². The van der Waals surface area contributed by atoms with Gasteiger partial charge in [0.05, 0.1) is 5.56 Å². The zero-order valence-corrected chi connectivity index (χ0v) is 13.2. The van der Waals surface area contributed by atoms with Crippen molar-refractivity contribution < 1.29 is 13.2 Å². The molecule has 3 unspecified atom stereocenters. The summed E-state index contributed by atoms with van der Waals surface area (Å²) in [5.41, 5.74) is -0.0801. The third kappa shape index (κ3) is 3.68. The van der Waals surface area contributed by atoms with Gasteiger partial charge in [0.2, 0.25) is 0 Å². The first-order chi connectivity index (χ1) is 9.27. The van der Waals surface area contributed by atoms with Crippen molar-refractivity contribution in [2.75, 3.05) is 5.32 Å². The Bertz CT molecular complexity index is 473. The molecule has 1 nitrogen and oxygen atoms in total. The van der Waals surface area contributed by atoms with Crippen LogP contribution in [0.3, 0.4) is 0 Å². The van der Waals surface area contributed by atoms with Crippen molar-refractivity contribution in [2.24, 2.45) is 11.8 Å². The first kappa shape index (κ1) is 15.7. The highest BCUT2D eigenvalue weighted by atomic mass is 79.9. The van der Waals surface area contributed by atoms with Crippen LogP contribution in [-0.2, 0) is 6.18 Å². The SMILES string of the molecule is CC1CCCC(Nc2cc(Br)cc(C(F)(F)F)c2)C1C. The number of rotatable bonds is 2. The van der Waals surface area contributed by atoms with E-state index in [2.05, 4.69) is 35.1 Å². The third-order valence-corrected chi connectivity index (χ3v) is 4.74. The van der Waals surface area contributed by atoms with E-state index in [9.17, 15) is 13.2 Å². The second kappa shape index (κ2) is 5.96. The standard InChI is InChI=1S/C15H19BrF3N/c1-9-4-3-5-14(10(9)2)20-13-7-11(15(17,18)19)6-12(16)8-13/h6-10,14,20H,3-5H2,1-2H3. The predicted octanol–water partition coefficient (Wildman–Crippen LogP) is 5.70. The molecule has 1 aliphatic carbocycles. The van der Waals surface area contributed by atoms with Crippen LogP contribution in [-0.4, -0.2) is 6.04 Å². The molecule has 0 heterocycles. The molecular formula is C15H19BrF3N. The van der Waals surface area contributed by atoms with E-state index in [0.29, 0.717) is 22.0 Å². The number of halogens is 4. The highest BCUT2D eigenvalue weighted by molar-refractivity contribution is 9.10.